The number of benzene rings is 1. The Balaban J connectivity index is 2.95. The smallest absolute Gasteiger partial charge is 0.306 e. The number of methoxy groups -OCH3 is 1. The summed E-state index contributed by atoms with van der Waals surface area (Å²) in [6.07, 6.45) is 1.71. The number of non-ortho nitro benzene ring substituents is 1. The van der Waals surface area contributed by atoms with Crippen molar-refractivity contribution in [2.75, 3.05) is 7.11 Å². The molecule has 0 radical (unpaired) electrons. The number of nitro groups is 1. The van der Waals surface area contributed by atoms with Crippen molar-refractivity contribution in [3.8, 4) is 0 Å². The van der Waals surface area contributed by atoms with E-state index in [-0.39, 0.29) is 24.0 Å². The van der Waals surface area contributed by atoms with Crippen LogP contribution in [0.1, 0.15) is 17.9 Å². The second kappa shape index (κ2) is 5.79. The van der Waals surface area contributed by atoms with Crippen molar-refractivity contribution in [1.82, 2.24) is 0 Å². The second-order valence-electron chi connectivity index (χ2n) is 3.47. The summed E-state index contributed by atoms with van der Waals surface area (Å²) in [5.74, 6) is -0.649. The van der Waals surface area contributed by atoms with Crippen molar-refractivity contribution in [2.45, 2.75) is 12.3 Å². The molecule has 1 aromatic carbocycles. The molecule has 0 spiro atoms. The van der Waals surface area contributed by atoms with E-state index in [9.17, 15) is 14.9 Å². The van der Waals surface area contributed by atoms with E-state index in [1.54, 1.807) is 18.2 Å². The van der Waals surface area contributed by atoms with Crippen molar-refractivity contribution < 1.29 is 14.5 Å². The molecule has 0 saturated carbocycles. The number of nitrogens with zero attached hydrogens (tertiary/aromatic N) is 1. The predicted octanol–water partition coefficient (Wildman–Crippen LogP) is 2.43. The van der Waals surface area contributed by atoms with Gasteiger partial charge in [0.05, 0.1) is 18.5 Å². The zero-order valence-electron chi connectivity index (χ0n) is 9.46. The number of allylic oxidation sites excluding steroid dienone is 1. The Morgan fingerprint density at radius 1 is 1.65 bits per heavy atom. The Labute approximate surface area is 98.9 Å². The van der Waals surface area contributed by atoms with Crippen LogP contribution in [0.15, 0.2) is 36.9 Å². The highest BCUT2D eigenvalue weighted by Gasteiger charge is 2.15. The molecule has 90 valence electrons. The summed E-state index contributed by atoms with van der Waals surface area (Å²) >= 11 is 0. The molecule has 5 nitrogen and oxygen atoms in total. The van der Waals surface area contributed by atoms with Gasteiger partial charge in [0, 0.05) is 18.1 Å². The molecule has 0 aliphatic carbocycles. The molecule has 1 rings (SSSR count). The zero-order valence-corrected chi connectivity index (χ0v) is 9.46. The molecule has 17 heavy (non-hydrogen) atoms. The molecule has 1 atom stereocenters. The van der Waals surface area contributed by atoms with Crippen LogP contribution in [0.5, 0.6) is 0 Å². The molecule has 5 heteroatoms. The van der Waals surface area contributed by atoms with Crippen LogP contribution in [0.25, 0.3) is 0 Å². The van der Waals surface area contributed by atoms with E-state index >= 15 is 0 Å². The van der Waals surface area contributed by atoms with Gasteiger partial charge in [-0.3, -0.25) is 14.9 Å². The largest absolute Gasteiger partial charge is 0.469 e. The van der Waals surface area contributed by atoms with Gasteiger partial charge < -0.3 is 4.74 Å². The number of carbonyl (C=O) groups is 1. The molecule has 0 aromatic heterocycles. The van der Waals surface area contributed by atoms with Crippen LogP contribution in [-0.2, 0) is 9.53 Å². The van der Waals surface area contributed by atoms with Gasteiger partial charge in [0.2, 0.25) is 0 Å². The molecule has 0 bridgehead atoms. The minimum Gasteiger partial charge on any atom is -0.469 e. The fourth-order valence-electron chi connectivity index (χ4n) is 1.47. The molecule has 1 aromatic rings. The standard InChI is InChI=1S/C12H13NO4/c1-3-9(8-12(14)17-2)10-5-4-6-11(7-10)13(15)16/h3-7,9H,1,8H2,2H3/t9-/m0/s1. The lowest BCUT2D eigenvalue weighted by molar-refractivity contribution is -0.384. The highest BCUT2D eigenvalue weighted by Crippen LogP contribution is 2.24. The first-order valence-corrected chi connectivity index (χ1v) is 5.02. The third-order valence-corrected chi connectivity index (χ3v) is 2.41. The Hall–Kier alpha value is -2.17. The van der Waals surface area contributed by atoms with Gasteiger partial charge in [0.15, 0.2) is 0 Å². The fourth-order valence-corrected chi connectivity index (χ4v) is 1.47. The summed E-state index contributed by atoms with van der Waals surface area (Å²) in [4.78, 5) is 21.3. The zero-order chi connectivity index (χ0) is 12.8. The van der Waals surface area contributed by atoms with Gasteiger partial charge in [-0.15, -0.1) is 6.58 Å². The minimum absolute atomic E-state index is 0.000726. The predicted molar refractivity (Wildman–Crippen MR) is 62.7 cm³/mol. The van der Waals surface area contributed by atoms with Gasteiger partial charge in [-0.25, -0.2) is 0 Å². The first-order valence-electron chi connectivity index (χ1n) is 5.02. The van der Waals surface area contributed by atoms with Crippen molar-refractivity contribution >= 4 is 11.7 Å². The van der Waals surface area contributed by atoms with Crippen LogP contribution in [0.3, 0.4) is 0 Å². The number of nitro benzene ring substituents is 1. The van der Waals surface area contributed by atoms with Gasteiger partial charge in [-0.1, -0.05) is 18.2 Å². The highest BCUT2D eigenvalue weighted by atomic mass is 16.6. The Morgan fingerprint density at radius 3 is 2.88 bits per heavy atom. The maximum absolute atomic E-state index is 11.2. The van der Waals surface area contributed by atoms with Crippen LogP contribution in [0, 0.1) is 10.1 Å². The number of hydrogen-bond donors (Lipinski definition) is 0. The summed E-state index contributed by atoms with van der Waals surface area (Å²) in [6.45, 7) is 3.62. The van der Waals surface area contributed by atoms with E-state index < -0.39 is 4.92 Å². The molecule has 0 amide bonds. The summed E-state index contributed by atoms with van der Waals surface area (Å²) in [7, 11) is 1.30. The number of rotatable bonds is 5. The third kappa shape index (κ3) is 3.41. The molecular weight excluding hydrogens is 222 g/mol. The average Bonchev–Trinajstić information content (AvgIpc) is 2.35. The van der Waals surface area contributed by atoms with Crippen molar-refractivity contribution in [2.24, 2.45) is 0 Å². The van der Waals surface area contributed by atoms with E-state index in [1.807, 2.05) is 0 Å². The summed E-state index contributed by atoms with van der Waals surface area (Å²) < 4.78 is 4.56. The topological polar surface area (TPSA) is 69.4 Å². The summed E-state index contributed by atoms with van der Waals surface area (Å²) in [6, 6.07) is 6.15. The molecule has 0 fully saturated rings. The molecular formula is C12H13NO4. The van der Waals surface area contributed by atoms with E-state index in [0.29, 0.717) is 5.56 Å². The second-order valence-corrected chi connectivity index (χ2v) is 3.47. The summed E-state index contributed by atoms with van der Waals surface area (Å²) in [5, 5.41) is 10.6. The van der Waals surface area contributed by atoms with Gasteiger partial charge in [0.1, 0.15) is 0 Å². The molecule has 0 aliphatic heterocycles. The van der Waals surface area contributed by atoms with Crippen molar-refractivity contribution in [1.29, 1.82) is 0 Å². The van der Waals surface area contributed by atoms with Gasteiger partial charge >= 0.3 is 5.97 Å². The Kier molecular flexibility index (Phi) is 4.39. The molecule has 0 heterocycles. The van der Waals surface area contributed by atoms with Crippen LogP contribution >= 0.6 is 0 Å². The first kappa shape index (κ1) is 12.9. The lowest BCUT2D eigenvalue weighted by Gasteiger charge is -2.10. The van der Waals surface area contributed by atoms with Crippen LogP contribution < -0.4 is 0 Å². The normalized spacial score (nSPS) is 11.6. The SMILES string of the molecule is C=C[C@@H](CC(=O)OC)c1cccc([N+](=O)[O-])c1. The van der Waals surface area contributed by atoms with Crippen molar-refractivity contribution in [3.63, 3.8) is 0 Å². The Bertz CT molecular complexity index is 442. The number of hydrogen-bond acceptors (Lipinski definition) is 4. The third-order valence-electron chi connectivity index (χ3n) is 2.41. The molecule has 0 unspecified atom stereocenters. The lowest BCUT2D eigenvalue weighted by Crippen LogP contribution is -2.07. The van der Waals surface area contributed by atoms with Crippen molar-refractivity contribution in [3.05, 3.63) is 52.6 Å². The number of ether oxygens (including phenoxy) is 1. The van der Waals surface area contributed by atoms with E-state index in [2.05, 4.69) is 11.3 Å². The lowest BCUT2D eigenvalue weighted by atomic mass is 9.95. The molecule has 0 saturated heterocycles. The Morgan fingerprint density at radius 2 is 2.35 bits per heavy atom. The minimum atomic E-state index is -0.470. The summed E-state index contributed by atoms with van der Waals surface area (Å²) in [5.41, 5.74) is 0.679. The van der Waals surface area contributed by atoms with E-state index in [4.69, 9.17) is 0 Å². The highest BCUT2D eigenvalue weighted by molar-refractivity contribution is 5.70. The average molecular weight is 235 g/mol. The van der Waals surface area contributed by atoms with Crippen LogP contribution in [0.2, 0.25) is 0 Å². The van der Waals surface area contributed by atoms with Gasteiger partial charge in [0.25, 0.3) is 5.69 Å². The quantitative estimate of drug-likeness (QED) is 0.340. The number of carbonyl (C=O) groups excluding carboxylic acids is 1. The molecule has 0 N–H and O–H groups in total. The van der Waals surface area contributed by atoms with Gasteiger partial charge in [-0.05, 0) is 5.56 Å². The van der Waals surface area contributed by atoms with E-state index in [1.165, 1.54) is 19.2 Å². The van der Waals surface area contributed by atoms with Crippen LogP contribution in [0.4, 0.5) is 5.69 Å². The van der Waals surface area contributed by atoms with Crippen LogP contribution in [-0.4, -0.2) is 18.0 Å². The fraction of sp³-hybridized carbons (Fsp3) is 0.250. The first-order chi connectivity index (χ1) is 8.08. The molecule has 0 aliphatic rings. The number of esters is 1. The van der Waals surface area contributed by atoms with Gasteiger partial charge in [-0.2, -0.15) is 0 Å². The maximum Gasteiger partial charge on any atom is 0.306 e. The maximum atomic E-state index is 11.2. The monoisotopic (exact) mass is 235 g/mol. The van der Waals surface area contributed by atoms with E-state index in [0.717, 1.165) is 0 Å².